The highest BCUT2D eigenvalue weighted by Crippen LogP contribution is 2.44. The van der Waals surface area contributed by atoms with Gasteiger partial charge >= 0.3 is 5.97 Å². The molecule has 1 aromatic heterocycles. The predicted molar refractivity (Wildman–Crippen MR) is 107 cm³/mol. The van der Waals surface area contributed by atoms with E-state index in [2.05, 4.69) is 24.9 Å². The Morgan fingerprint density at radius 2 is 2.03 bits per heavy atom. The maximum Gasteiger partial charge on any atom is 0.303 e. The van der Waals surface area contributed by atoms with Crippen LogP contribution in [-0.4, -0.2) is 28.4 Å². The van der Waals surface area contributed by atoms with E-state index in [1.807, 2.05) is 18.2 Å². The zero-order valence-corrected chi connectivity index (χ0v) is 16.2. The fraction of sp³-hybridized carbons (Fsp3) is 0.261. The molecule has 0 atom stereocenters. The van der Waals surface area contributed by atoms with Gasteiger partial charge in [-0.25, -0.2) is 0 Å². The van der Waals surface area contributed by atoms with Gasteiger partial charge in [-0.1, -0.05) is 26.0 Å². The van der Waals surface area contributed by atoms with Gasteiger partial charge < -0.3 is 14.8 Å². The van der Waals surface area contributed by atoms with Crippen molar-refractivity contribution in [3.63, 3.8) is 0 Å². The molecule has 6 heteroatoms. The number of H-pyrrole nitrogens is 1. The first-order valence-electron chi connectivity index (χ1n) is 9.43. The molecular weight excluding hydrogens is 368 g/mol. The number of nitrogens with one attached hydrogen (secondary N) is 1. The monoisotopic (exact) mass is 388 g/mol. The normalized spacial score (nSPS) is 14.2. The summed E-state index contributed by atoms with van der Waals surface area (Å²) in [6.07, 6.45) is 0.444. The Bertz CT molecular complexity index is 1200. The number of carbonyl (C=O) groups is 2. The van der Waals surface area contributed by atoms with Gasteiger partial charge in [0.25, 0.3) is 0 Å². The molecule has 29 heavy (non-hydrogen) atoms. The molecule has 2 N–H and O–H groups in total. The third-order valence-electron chi connectivity index (χ3n) is 5.49. The van der Waals surface area contributed by atoms with E-state index in [9.17, 15) is 9.59 Å². The number of aromatic amines is 1. The second-order valence-electron chi connectivity index (χ2n) is 7.75. The molecule has 1 heterocycles. The SMILES string of the molecule is CC1(C)c2ccc(OCCCC(=O)O)cc2C(=O)c2c1[nH]c1cc(C#N)ccc21. The minimum atomic E-state index is -0.859. The Balaban J connectivity index is 1.75. The Morgan fingerprint density at radius 3 is 2.76 bits per heavy atom. The minimum Gasteiger partial charge on any atom is -0.494 e. The number of ketones is 1. The maximum atomic E-state index is 13.4. The molecule has 0 unspecified atom stereocenters. The van der Waals surface area contributed by atoms with Crippen molar-refractivity contribution in [1.82, 2.24) is 4.98 Å². The third kappa shape index (κ3) is 3.05. The van der Waals surface area contributed by atoms with Gasteiger partial charge in [-0.15, -0.1) is 0 Å². The topological polar surface area (TPSA) is 103 Å². The van der Waals surface area contributed by atoms with E-state index in [1.165, 1.54) is 0 Å². The van der Waals surface area contributed by atoms with Gasteiger partial charge in [-0.3, -0.25) is 9.59 Å². The Hall–Kier alpha value is -3.59. The number of aromatic nitrogens is 1. The Labute approximate surface area is 167 Å². The number of nitrogens with zero attached hydrogens (tertiary/aromatic N) is 1. The number of carbonyl (C=O) groups excluding carboxylic acids is 1. The quantitative estimate of drug-likeness (QED) is 0.639. The van der Waals surface area contributed by atoms with Crippen LogP contribution in [0.2, 0.25) is 0 Å². The summed E-state index contributed by atoms with van der Waals surface area (Å²) in [6, 6.07) is 12.9. The number of hydrogen-bond donors (Lipinski definition) is 2. The molecule has 2 aromatic carbocycles. The van der Waals surface area contributed by atoms with Crippen LogP contribution in [0.25, 0.3) is 10.9 Å². The fourth-order valence-electron chi connectivity index (χ4n) is 4.00. The van der Waals surface area contributed by atoms with E-state index < -0.39 is 11.4 Å². The summed E-state index contributed by atoms with van der Waals surface area (Å²) in [4.78, 5) is 27.4. The largest absolute Gasteiger partial charge is 0.494 e. The van der Waals surface area contributed by atoms with Gasteiger partial charge in [-0.2, -0.15) is 5.26 Å². The van der Waals surface area contributed by atoms with E-state index in [0.717, 1.165) is 22.2 Å². The molecule has 0 bridgehead atoms. The summed E-state index contributed by atoms with van der Waals surface area (Å²) in [6.45, 7) is 4.40. The van der Waals surface area contributed by atoms with Crippen molar-refractivity contribution in [2.24, 2.45) is 0 Å². The van der Waals surface area contributed by atoms with Crippen molar-refractivity contribution in [2.45, 2.75) is 32.1 Å². The van der Waals surface area contributed by atoms with Crippen molar-refractivity contribution in [3.8, 4) is 11.8 Å². The molecule has 0 saturated carbocycles. The predicted octanol–water partition coefficient (Wildman–Crippen LogP) is 4.15. The van der Waals surface area contributed by atoms with Crippen LogP contribution in [0.1, 0.15) is 59.4 Å². The zero-order chi connectivity index (χ0) is 20.8. The number of nitriles is 1. The lowest BCUT2D eigenvalue weighted by molar-refractivity contribution is -0.137. The molecule has 0 fully saturated rings. The Kier molecular flexibility index (Phi) is 4.39. The molecule has 6 nitrogen and oxygen atoms in total. The molecule has 0 amide bonds. The van der Waals surface area contributed by atoms with Crippen molar-refractivity contribution in [3.05, 3.63) is 64.3 Å². The maximum absolute atomic E-state index is 13.4. The van der Waals surface area contributed by atoms with Gasteiger partial charge in [-0.05, 0) is 36.2 Å². The first-order chi connectivity index (χ1) is 13.8. The van der Waals surface area contributed by atoms with Crippen molar-refractivity contribution in [1.29, 1.82) is 5.26 Å². The van der Waals surface area contributed by atoms with Gasteiger partial charge in [0.1, 0.15) is 5.75 Å². The molecule has 1 aliphatic carbocycles. The van der Waals surface area contributed by atoms with Crippen LogP contribution in [0.15, 0.2) is 36.4 Å². The van der Waals surface area contributed by atoms with Crippen molar-refractivity contribution < 1.29 is 19.4 Å². The first-order valence-corrected chi connectivity index (χ1v) is 9.43. The second-order valence-corrected chi connectivity index (χ2v) is 7.75. The summed E-state index contributed by atoms with van der Waals surface area (Å²) in [5.74, 6) is -0.392. The van der Waals surface area contributed by atoms with E-state index in [4.69, 9.17) is 15.1 Å². The lowest BCUT2D eigenvalue weighted by atomic mass is 9.71. The second kappa shape index (κ2) is 6.78. The van der Waals surface area contributed by atoms with Crippen molar-refractivity contribution >= 4 is 22.7 Å². The molecule has 0 saturated heterocycles. The molecular formula is C23H20N2O4. The summed E-state index contributed by atoms with van der Waals surface area (Å²) in [5, 5.41) is 18.7. The van der Waals surface area contributed by atoms with Gasteiger partial charge in [0.2, 0.25) is 0 Å². The van der Waals surface area contributed by atoms with E-state index in [0.29, 0.717) is 28.9 Å². The standard InChI is InChI=1S/C23H20N2O4/c1-23(2)17-8-6-14(29-9-3-4-19(26)27)11-16(17)21(28)20-15-7-5-13(12-24)10-18(15)25-22(20)23/h5-8,10-11,25H,3-4,9H2,1-2H3,(H,26,27). The van der Waals surface area contributed by atoms with E-state index in [1.54, 1.807) is 18.2 Å². The van der Waals surface area contributed by atoms with Crippen LogP contribution < -0.4 is 4.74 Å². The smallest absolute Gasteiger partial charge is 0.303 e. The van der Waals surface area contributed by atoms with E-state index in [-0.39, 0.29) is 18.8 Å². The zero-order valence-electron chi connectivity index (χ0n) is 16.2. The van der Waals surface area contributed by atoms with Gasteiger partial charge in [0.15, 0.2) is 5.78 Å². The number of hydrogen-bond acceptors (Lipinski definition) is 4. The molecule has 4 rings (SSSR count). The number of carboxylic acid groups (broad SMARTS) is 1. The van der Waals surface area contributed by atoms with Crippen LogP contribution >= 0.6 is 0 Å². The van der Waals surface area contributed by atoms with Gasteiger partial charge in [0, 0.05) is 34.0 Å². The number of ether oxygens (including phenoxy) is 1. The van der Waals surface area contributed by atoms with Crippen LogP contribution in [-0.2, 0) is 10.2 Å². The van der Waals surface area contributed by atoms with Gasteiger partial charge in [0.05, 0.1) is 23.8 Å². The number of fused-ring (bicyclic) bond motifs is 4. The molecule has 0 spiro atoms. The summed E-state index contributed by atoms with van der Waals surface area (Å²) < 4.78 is 5.67. The number of rotatable bonds is 5. The highest BCUT2D eigenvalue weighted by molar-refractivity contribution is 6.20. The van der Waals surface area contributed by atoms with Crippen LogP contribution in [0, 0.1) is 11.3 Å². The van der Waals surface area contributed by atoms with Crippen LogP contribution in [0.3, 0.4) is 0 Å². The van der Waals surface area contributed by atoms with Crippen LogP contribution in [0.5, 0.6) is 5.75 Å². The highest BCUT2D eigenvalue weighted by Gasteiger charge is 2.39. The molecule has 3 aromatic rings. The average molecular weight is 388 g/mol. The average Bonchev–Trinajstić information content (AvgIpc) is 3.09. The summed E-state index contributed by atoms with van der Waals surface area (Å²) >= 11 is 0. The Morgan fingerprint density at radius 1 is 1.24 bits per heavy atom. The molecule has 0 aliphatic heterocycles. The fourth-order valence-corrected chi connectivity index (χ4v) is 4.00. The van der Waals surface area contributed by atoms with Crippen LogP contribution in [0.4, 0.5) is 0 Å². The van der Waals surface area contributed by atoms with Crippen molar-refractivity contribution in [2.75, 3.05) is 6.61 Å². The lowest BCUT2D eigenvalue weighted by Crippen LogP contribution is -2.30. The highest BCUT2D eigenvalue weighted by atomic mass is 16.5. The lowest BCUT2D eigenvalue weighted by Gasteiger charge is -2.32. The first kappa shape index (κ1) is 18.8. The van der Waals surface area contributed by atoms with E-state index >= 15 is 0 Å². The number of benzene rings is 2. The minimum absolute atomic E-state index is 0.0420. The summed E-state index contributed by atoms with van der Waals surface area (Å²) in [5.41, 5.74) is 3.85. The summed E-state index contributed by atoms with van der Waals surface area (Å²) in [7, 11) is 0. The molecule has 0 radical (unpaired) electrons. The molecule has 146 valence electrons. The number of aliphatic carboxylic acids is 1. The molecule has 1 aliphatic rings. The number of carboxylic acids is 1. The third-order valence-corrected chi connectivity index (χ3v) is 5.49.